The molecular weight excluding hydrogens is 290 g/mol. The van der Waals surface area contributed by atoms with Crippen molar-refractivity contribution >= 4 is 17.3 Å². The van der Waals surface area contributed by atoms with Gasteiger partial charge in [-0.1, -0.05) is 29.8 Å². The summed E-state index contributed by atoms with van der Waals surface area (Å²) in [6.45, 7) is 0.545. The number of hydrogen-bond acceptors (Lipinski definition) is 4. The lowest BCUT2D eigenvalue weighted by atomic mass is 10.2. The Kier molecular flexibility index (Phi) is 5.72. The highest BCUT2D eigenvalue weighted by Gasteiger charge is 2.07. The van der Waals surface area contributed by atoms with Crippen LogP contribution in [0.4, 0.5) is 5.69 Å². The van der Waals surface area contributed by atoms with E-state index in [2.05, 4.69) is 5.32 Å². The minimum Gasteiger partial charge on any atom is -0.495 e. The fourth-order valence-electron chi connectivity index (χ4n) is 1.83. The van der Waals surface area contributed by atoms with Crippen molar-refractivity contribution in [1.82, 2.24) is 0 Å². The Morgan fingerprint density at radius 1 is 1.19 bits per heavy atom. The molecule has 0 saturated heterocycles. The Bertz CT molecular complexity index is 577. The second-order valence-electron chi connectivity index (χ2n) is 4.50. The molecule has 2 N–H and O–H groups in total. The van der Waals surface area contributed by atoms with Gasteiger partial charge in [-0.3, -0.25) is 0 Å². The van der Waals surface area contributed by atoms with Crippen LogP contribution in [0.25, 0.3) is 0 Å². The lowest BCUT2D eigenvalue weighted by Gasteiger charge is -2.15. The predicted molar refractivity (Wildman–Crippen MR) is 84.4 cm³/mol. The van der Waals surface area contributed by atoms with Crippen LogP contribution in [0.2, 0.25) is 5.02 Å². The summed E-state index contributed by atoms with van der Waals surface area (Å²) in [6.07, 6.45) is -0.645. The molecule has 0 bridgehead atoms. The van der Waals surface area contributed by atoms with E-state index in [1.54, 1.807) is 31.4 Å². The molecule has 2 aromatic carbocycles. The van der Waals surface area contributed by atoms with Crippen molar-refractivity contribution in [3.8, 4) is 11.5 Å². The fourth-order valence-corrected chi connectivity index (χ4v) is 2.01. The summed E-state index contributed by atoms with van der Waals surface area (Å²) in [7, 11) is 1.61. The second kappa shape index (κ2) is 7.76. The van der Waals surface area contributed by atoms with Crippen molar-refractivity contribution in [3.05, 3.63) is 53.6 Å². The monoisotopic (exact) mass is 307 g/mol. The van der Waals surface area contributed by atoms with Crippen molar-refractivity contribution in [2.24, 2.45) is 0 Å². The van der Waals surface area contributed by atoms with Gasteiger partial charge in [0.15, 0.2) is 0 Å². The van der Waals surface area contributed by atoms with Crippen molar-refractivity contribution in [1.29, 1.82) is 0 Å². The number of methoxy groups -OCH3 is 1. The Morgan fingerprint density at radius 3 is 2.76 bits per heavy atom. The summed E-state index contributed by atoms with van der Waals surface area (Å²) >= 11 is 5.87. The highest BCUT2D eigenvalue weighted by Crippen LogP contribution is 2.23. The smallest absolute Gasteiger partial charge is 0.141 e. The molecule has 5 heteroatoms. The molecule has 0 aliphatic rings. The topological polar surface area (TPSA) is 50.7 Å². The lowest BCUT2D eigenvalue weighted by Crippen LogP contribution is -2.26. The summed E-state index contributed by atoms with van der Waals surface area (Å²) in [4.78, 5) is 0. The molecule has 0 aliphatic heterocycles. The molecule has 4 nitrogen and oxygen atoms in total. The predicted octanol–water partition coefficient (Wildman–Crippen LogP) is 3.20. The van der Waals surface area contributed by atoms with Crippen molar-refractivity contribution in [3.63, 3.8) is 0 Å². The molecule has 0 aromatic heterocycles. The molecule has 0 fully saturated rings. The van der Waals surface area contributed by atoms with E-state index in [0.29, 0.717) is 17.3 Å². The zero-order chi connectivity index (χ0) is 15.1. The lowest BCUT2D eigenvalue weighted by molar-refractivity contribution is 0.117. The van der Waals surface area contributed by atoms with Crippen LogP contribution in [0.5, 0.6) is 11.5 Å². The van der Waals surface area contributed by atoms with E-state index in [1.165, 1.54) is 0 Å². The summed E-state index contributed by atoms with van der Waals surface area (Å²) < 4.78 is 10.7. The number of anilines is 1. The molecule has 0 spiro atoms. The van der Waals surface area contributed by atoms with E-state index in [0.717, 1.165) is 11.4 Å². The summed E-state index contributed by atoms with van der Waals surface area (Å²) in [6, 6.07) is 14.6. The molecule has 0 radical (unpaired) electrons. The van der Waals surface area contributed by atoms with Gasteiger partial charge in [-0.05, 0) is 30.3 Å². The van der Waals surface area contributed by atoms with Gasteiger partial charge in [0.05, 0.1) is 12.8 Å². The molecule has 112 valence electrons. The molecule has 0 saturated carbocycles. The van der Waals surface area contributed by atoms with Crippen LogP contribution in [-0.4, -0.2) is 31.5 Å². The zero-order valence-electron chi connectivity index (χ0n) is 11.8. The maximum Gasteiger partial charge on any atom is 0.141 e. The quantitative estimate of drug-likeness (QED) is 0.825. The number of aliphatic hydroxyl groups excluding tert-OH is 1. The van der Waals surface area contributed by atoms with Crippen molar-refractivity contribution in [2.75, 3.05) is 25.6 Å². The molecule has 2 aromatic rings. The average Bonchev–Trinajstić information content (AvgIpc) is 2.51. The number of ether oxygens (including phenoxy) is 2. The third-order valence-electron chi connectivity index (χ3n) is 2.87. The van der Waals surface area contributed by atoms with Crippen LogP contribution in [-0.2, 0) is 0 Å². The first kappa shape index (κ1) is 15.5. The normalized spacial score (nSPS) is 11.8. The Labute approximate surface area is 129 Å². The Balaban J connectivity index is 1.81. The van der Waals surface area contributed by atoms with E-state index in [-0.39, 0.29) is 6.61 Å². The van der Waals surface area contributed by atoms with E-state index in [1.807, 2.05) is 24.3 Å². The van der Waals surface area contributed by atoms with Crippen molar-refractivity contribution in [2.45, 2.75) is 6.10 Å². The standard InChI is InChI=1S/C16H18ClNO3/c1-20-16-8-3-2-7-15(16)18-10-13(19)11-21-14-6-4-5-12(17)9-14/h2-9,13,18-19H,10-11H2,1H3. The van der Waals surface area contributed by atoms with Crippen LogP contribution >= 0.6 is 11.6 Å². The van der Waals surface area contributed by atoms with Crippen LogP contribution < -0.4 is 14.8 Å². The SMILES string of the molecule is COc1ccccc1NCC(O)COc1cccc(Cl)c1. The van der Waals surface area contributed by atoms with Gasteiger partial charge in [-0.2, -0.15) is 0 Å². The van der Waals surface area contributed by atoms with Gasteiger partial charge >= 0.3 is 0 Å². The maximum atomic E-state index is 9.94. The summed E-state index contributed by atoms with van der Waals surface area (Å²) in [5.74, 6) is 1.37. The van der Waals surface area contributed by atoms with Crippen LogP contribution in [0.1, 0.15) is 0 Å². The first-order valence-electron chi connectivity index (χ1n) is 6.62. The number of rotatable bonds is 7. The molecular formula is C16H18ClNO3. The largest absolute Gasteiger partial charge is 0.495 e. The van der Waals surface area contributed by atoms with Gasteiger partial charge in [-0.15, -0.1) is 0 Å². The molecule has 0 aliphatic carbocycles. The van der Waals surface area contributed by atoms with E-state index in [4.69, 9.17) is 21.1 Å². The van der Waals surface area contributed by atoms with Gasteiger partial charge < -0.3 is 19.9 Å². The number of hydrogen-bond donors (Lipinski definition) is 2. The van der Waals surface area contributed by atoms with Gasteiger partial charge in [0.2, 0.25) is 0 Å². The van der Waals surface area contributed by atoms with Gasteiger partial charge in [-0.25, -0.2) is 0 Å². The van der Waals surface area contributed by atoms with Crippen LogP contribution in [0.15, 0.2) is 48.5 Å². The Morgan fingerprint density at radius 2 is 2.00 bits per heavy atom. The van der Waals surface area contributed by atoms with Crippen LogP contribution in [0.3, 0.4) is 0 Å². The molecule has 0 amide bonds. The Hall–Kier alpha value is -1.91. The van der Waals surface area contributed by atoms with E-state index in [9.17, 15) is 5.11 Å². The highest BCUT2D eigenvalue weighted by atomic mass is 35.5. The molecule has 1 unspecified atom stereocenters. The van der Waals surface area contributed by atoms with Gasteiger partial charge in [0.1, 0.15) is 24.2 Å². The van der Waals surface area contributed by atoms with Gasteiger partial charge in [0, 0.05) is 11.6 Å². The number of benzene rings is 2. The molecule has 0 heterocycles. The molecule has 1 atom stereocenters. The average molecular weight is 308 g/mol. The van der Waals surface area contributed by atoms with E-state index >= 15 is 0 Å². The molecule has 21 heavy (non-hydrogen) atoms. The molecule has 2 rings (SSSR count). The third kappa shape index (κ3) is 4.85. The first-order valence-corrected chi connectivity index (χ1v) is 7.00. The minimum absolute atomic E-state index is 0.183. The maximum absolute atomic E-state index is 9.94. The minimum atomic E-state index is -0.645. The number of nitrogens with one attached hydrogen (secondary N) is 1. The van der Waals surface area contributed by atoms with E-state index < -0.39 is 6.10 Å². The number of aliphatic hydroxyl groups is 1. The fraction of sp³-hybridized carbons (Fsp3) is 0.250. The van der Waals surface area contributed by atoms with Crippen LogP contribution in [0, 0.1) is 0 Å². The van der Waals surface area contributed by atoms with Gasteiger partial charge in [0.25, 0.3) is 0 Å². The number of para-hydroxylation sites is 2. The number of halogens is 1. The second-order valence-corrected chi connectivity index (χ2v) is 4.94. The highest BCUT2D eigenvalue weighted by molar-refractivity contribution is 6.30. The summed E-state index contributed by atoms with van der Waals surface area (Å²) in [5.41, 5.74) is 0.835. The summed E-state index contributed by atoms with van der Waals surface area (Å²) in [5, 5.41) is 13.7. The third-order valence-corrected chi connectivity index (χ3v) is 3.11. The van der Waals surface area contributed by atoms with Crippen molar-refractivity contribution < 1.29 is 14.6 Å². The first-order chi connectivity index (χ1) is 10.2. The zero-order valence-corrected chi connectivity index (χ0v) is 12.5.